The van der Waals surface area contributed by atoms with E-state index in [1.807, 2.05) is 18.9 Å². The van der Waals surface area contributed by atoms with Gasteiger partial charge in [0.2, 0.25) is 0 Å². The molecule has 1 N–H and O–H groups in total. The van der Waals surface area contributed by atoms with Crippen molar-refractivity contribution in [2.45, 2.75) is 0 Å². The highest BCUT2D eigenvalue weighted by Gasteiger charge is 1.83. The maximum atomic E-state index is 4.88. The Labute approximate surface area is 40.6 Å². The standard InChI is InChI=1S/C2H7B2N2/c1-6(2)4-5-3/h5H,1-2H3. The first-order valence-corrected chi connectivity index (χ1v) is 1.73. The summed E-state index contributed by atoms with van der Waals surface area (Å²) in [6.07, 6.45) is 0. The van der Waals surface area contributed by atoms with E-state index in [0.29, 0.717) is 0 Å². The highest BCUT2D eigenvalue weighted by Crippen LogP contribution is 1.56. The summed E-state index contributed by atoms with van der Waals surface area (Å²) in [5.74, 6) is 0. The maximum absolute atomic E-state index is 4.88. The molecule has 3 radical (unpaired) electrons. The minimum Gasteiger partial charge on any atom is -0.398 e. The molecule has 0 aliphatic carbocycles. The second-order valence-electron chi connectivity index (χ2n) is 1.26. The Bertz CT molecular complexity index is 30.7. The topological polar surface area (TPSA) is 15.3 Å². The molecule has 6 heavy (non-hydrogen) atoms. The molecular formula is C2H7B2N2. The van der Waals surface area contributed by atoms with E-state index in [9.17, 15) is 0 Å². The lowest BCUT2D eigenvalue weighted by Crippen LogP contribution is -2.30. The Balaban J connectivity index is 2.63. The average molecular weight is 80.7 g/mol. The molecule has 0 amide bonds. The molecule has 0 aliphatic rings. The molecule has 0 saturated heterocycles. The molecule has 0 aromatic carbocycles. The van der Waals surface area contributed by atoms with Crippen LogP contribution in [0.2, 0.25) is 0 Å². The van der Waals surface area contributed by atoms with E-state index in [2.05, 4.69) is 5.14 Å². The average Bonchev–Trinajstić information content (AvgIpc) is 1.35. The molecule has 0 saturated carbocycles. The summed E-state index contributed by atoms with van der Waals surface area (Å²) in [5, 5.41) is 2.37. The highest BCUT2D eigenvalue weighted by molar-refractivity contribution is 6.39. The zero-order chi connectivity index (χ0) is 4.99. The summed E-state index contributed by atoms with van der Waals surface area (Å²) < 4.78 is 0. The van der Waals surface area contributed by atoms with Crippen molar-refractivity contribution < 1.29 is 0 Å². The molecule has 0 bridgehead atoms. The minimum absolute atomic E-state index is 1.65. The number of nitrogens with one attached hydrogen (secondary N) is 1. The van der Waals surface area contributed by atoms with E-state index in [0.717, 1.165) is 0 Å². The number of nitrogens with zero attached hydrogens (tertiary/aromatic N) is 1. The van der Waals surface area contributed by atoms with Crippen LogP contribution in [-0.2, 0) is 0 Å². The van der Waals surface area contributed by atoms with Crippen molar-refractivity contribution in [3.63, 3.8) is 0 Å². The fourth-order valence-electron chi connectivity index (χ4n) is 0.149. The van der Waals surface area contributed by atoms with Gasteiger partial charge < -0.3 is 9.95 Å². The van der Waals surface area contributed by atoms with Gasteiger partial charge in [-0.2, -0.15) is 0 Å². The molecule has 2 nitrogen and oxygen atoms in total. The lowest BCUT2D eigenvalue weighted by Gasteiger charge is -2.02. The van der Waals surface area contributed by atoms with Gasteiger partial charge in [0.25, 0.3) is 7.55 Å². The van der Waals surface area contributed by atoms with E-state index >= 15 is 0 Å². The van der Waals surface area contributed by atoms with E-state index in [1.54, 1.807) is 7.55 Å². The first-order chi connectivity index (χ1) is 2.77. The molecule has 0 aromatic rings. The molecule has 31 valence electrons. The van der Waals surface area contributed by atoms with Gasteiger partial charge in [-0.25, -0.2) is 0 Å². The fraction of sp³-hybridized carbons (Fsp3) is 1.00. The highest BCUT2D eigenvalue weighted by atomic mass is 15.0. The summed E-state index contributed by atoms with van der Waals surface area (Å²) in [7, 11) is 10.3. The summed E-state index contributed by atoms with van der Waals surface area (Å²) in [5.41, 5.74) is 0. The van der Waals surface area contributed by atoms with Crippen molar-refractivity contribution in [2.75, 3.05) is 14.1 Å². The second-order valence-corrected chi connectivity index (χ2v) is 1.26. The van der Waals surface area contributed by atoms with Crippen LogP contribution in [0.4, 0.5) is 0 Å². The molecule has 0 unspecified atom stereocenters. The number of hydrogen-bond donors (Lipinski definition) is 1. The Morgan fingerprint density at radius 1 is 1.67 bits per heavy atom. The monoisotopic (exact) mass is 81.1 g/mol. The van der Waals surface area contributed by atoms with E-state index < -0.39 is 0 Å². The van der Waals surface area contributed by atoms with Gasteiger partial charge in [-0.1, -0.05) is 0 Å². The van der Waals surface area contributed by atoms with Crippen LogP contribution in [0.15, 0.2) is 0 Å². The summed E-state index contributed by atoms with van der Waals surface area (Å²) >= 11 is 0. The first-order valence-electron chi connectivity index (χ1n) is 1.73. The van der Waals surface area contributed by atoms with Crippen LogP contribution in [-0.4, -0.2) is 34.4 Å². The molecule has 0 rings (SSSR count). The zero-order valence-electron chi connectivity index (χ0n) is 4.10. The van der Waals surface area contributed by atoms with Crippen LogP contribution in [0.25, 0.3) is 0 Å². The third kappa shape index (κ3) is 4.05. The molecule has 4 heteroatoms. The maximum Gasteiger partial charge on any atom is 0.296 e. The first kappa shape index (κ1) is 6.05. The van der Waals surface area contributed by atoms with Gasteiger partial charge in [0.15, 0.2) is 7.98 Å². The van der Waals surface area contributed by atoms with Crippen LogP contribution in [0.3, 0.4) is 0 Å². The number of rotatable bonds is 2. The van der Waals surface area contributed by atoms with E-state index in [1.165, 1.54) is 0 Å². The summed E-state index contributed by atoms with van der Waals surface area (Å²) in [6, 6.07) is 0. The Hall–Kier alpha value is 0.0499. The molecule has 0 aliphatic heterocycles. The van der Waals surface area contributed by atoms with Gasteiger partial charge in [0.1, 0.15) is 0 Å². The van der Waals surface area contributed by atoms with Gasteiger partial charge in [-0.3, -0.25) is 0 Å². The van der Waals surface area contributed by atoms with E-state index in [-0.39, 0.29) is 0 Å². The zero-order valence-corrected chi connectivity index (χ0v) is 4.10. The van der Waals surface area contributed by atoms with Gasteiger partial charge >= 0.3 is 0 Å². The van der Waals surface area contributed by atoms with Crippen LogP contribution in [0, 0.1) is 0 Å². The predicted octanol–water partition coefficient (Wildman–Crippen LogP) is -1.24. The van der Waals surface area contributed by atoms with Gasteiger partial charge in [-0.05, 0) is 14.1 Å². The quantitative estimate of drug-likeness (QED) is 0.418. The lowest BCUT2D eigenvalue weighted by atomic mass is 10.1. The Morgan fingerprint density at radius 3 is 2.17 bits per heavy atom. The smallest absolute Gasteiger partial charge is 0.296 e. The SMILES string of the molecule is [B]N[B]N(C)C. The van der Waals surface area contributed by atoms with Crippen LogP contribution in [0.5, 0.6) is 0 Å². The minimum atomic E-state index is 1.65. The van der Waals surface area contributed by atoms with Gasteiger partial charge in [0.05, 0.1) is 0 Å². The van der Waals surface area contributed by atoms with Crippen LogP contribution >= 0.6 is 0 Å². The third-order valence-corrected chi connectivity index (χ3v) is 0.333. The number of hydrogen-bond acceptors (Lipinski definition) is 2. The van der Waals surface area contributed by atoms with Crippen molar-refractivity contribution in [1.29, 1.82) is 0 Å². The molecule has 0 spiro atoms. The second kappa shape index (κ2) is 3.25. The lowest BCUT2D eigenvalue weighted by molar-refractivity contribution is 0.656. The Morgan fingerprint density at radius 2 is 2.17 bits per heavy atom. The van der Waals surface area contributed by atoms with Crippen LogP contribution in [0.1, 0.15) is 0 Å². The Kier molecular flexibility index (Phi) is 3.27. The van der Waals surface area contributed by atoms with Gasteiger partial charge in [0, 0.05) is 0 Å². The fourth-order valence-corrected chi connectivity index (χ4v) is 0.149. The predicted molar refractivity (Wildman–Crippen MR) is 28.3 cm³/mol. The molecular weight excluding hydrogens is 73.7 g/mol. The third-order valence-electron chi connectivity index (χ3n) is 0.333. The van der Waals surface area contributed by atoms with Crippen LogP contribution < -0.4 is 5.14 Å². The normalized spacial score (nSPS) is 9.17. The molecule has 0 aromatic heterocycles. The van der Waals surface area contributed by atoms with Crippen molar-refractivity contribution in [1.82, 2.24) is 9.95 Å². The summed E-state index contributed by atoms with van der Waals surface area (Å²) in [4.78, 5) is 1.82. The van der Waals surface area contributed by atoms with Crippen molar-refractivity contribution in [3.05, 3.63) is 0 Å². The molecule has 0 atom stereocenters. The van der Waals surface area contributed by atoms with Crippen molar-refractivity contribution in [2.24, 2.45) is 0 Å². The van der Waals surface area contributed by atoms with Crippen molar-refractivity contribution >= 4 is 15.5 Å². The van der Waals surface area contributed by atoms with E-state index in [4.69, 9.17) is 7.98 Å². The largest absolute Gasteiger partial charge is 0.398 e. The molecule has 0 heterocycles. The summed E-state index contributed by atoms with van der Waals surface area (Å²) in [6.45, 7) is 0. The van der Waals surface area contributed by atoms with Gasteiger partial charge in [-0.15, -0.1) is 0 Å². The molecule has 0 fully saturated rings. The van der Waals surface area contributed by atoms with Crippen molar-refractivity contribution in [3.8, 4) is 0 Å².